The molecule has 1 aliphatic heterocycles. The fourth-order valence-corrected chi connectivity index (χ4v) is 5.32. The van der Waals surface area contributed by atoms with Crippen molar-refractivity contribution in [1.82, 2.24) is 4.57 Å². The minimum Gasteiger partial charge on any atom is -0.507 e. The van der Waals surface area contributed by atoms with Crippen molar-refractivity contribution in [1.29, 1.82) is 0 Å². The zero-order valence-electron chi connectivity index (χ0n) is 25.0. The number of Topliss-reactive ketones (excluding diaryl/α,β-unsaturated/α-hetero) is 1. The molecular formula is C34H38N2O6. The lowest BCUT2D eigenvalue weighted by Crippen LogP contribution is -2.20. The fourth-order valence-electron chi connectivity index (χ4n) is 5.32. The van der Waals surface area contributed by atoms with Gasteiger partial charge in [0.15, 0.2) is 17.3 Å². The van der Waals surface area contributed by atoms with Gasteiger partial charge in [-0.2, -0.15) is 0 Å². The topological polar surface area (TPSA) is 113 Å². The summed E-state index contributed by atoms with van der Waals surface area (Å²) in [6.45, 7) is 13.5. The Labute approximate surface area is 246 Å². The number of ketones is 1. The number of ether oxygens (including phenoxy) is 3. The van der Waals surface area contributed by atoms with Crippen molar-refractivity contribution in [2.24, 2.45) is 0 Å². The highest BCUT2D eigenvalue weighted by Gasteiger charge is 2.28. The van der Waals surface area contributed by atoms with Gasteiger partial charge < -0.3 is 29.6 Å². The standard InChI is InChI=1S/C34H38N2O6/c1-33(2,3)26-10-22(11-27(31(26)39)34(4,5)6)28(38)15-36-14-23-12-29-30(13-25(23)32(36)35)42-18-24-9-20(16-40-19-37)7-8-21(24)17-41-29/h7-14,19,39H,15-18,35H2,1-6H3. The normalized spacial score (nSPS) is 13.3. The molecule has 2 heterocycles. The predicted molar refractivity (Wildman–Crippen MR) is 162 cm³/mol. The van der Waals surface area contributed by atoms with Crippen LogP contribution in [0.5, 0.6) is 17.2 Å². The number of anilines is 1. The quantitative estimate of drug-likeness (QED) is 0.200. The fraction of sp³-hybridized carbons (Fsp3) is 0.353. The lowest BCUT2D eigenvalue weighted by molar-refractivity contribution is -0.129. The Morgan fingerprint density at radius 2 is 1.57 bits per heavy atom. The third-order valence-electron chi connectivity index (χ3n) is 7.71. The zero-order valence-corrected chi connectivity index (χ0v) is 25.0. The van der Waals surface area contributed by atoms with Gasteiger partial charge in [0.1, 0.15) is 31.4 Å². The van der Waals surface area contributed by atoms with E-state index >= 15 is 0 Å². The van der Waals surface area contributed by atoms with Crippen LogP contribution in [0, 0.1) is 0 Å². The van der Waals surface area contributed by atoms with E-state index in [0.29, 0.717) is 42.6 Å². The van der Waals surface area contributed by atoms with Crippen LogP contribution in [0.2, 0.25) is 0 Å². The first-order chi connectivity index (χ1) is 19.8. The highest BCUT2D eigenvalue weighted by molar-refractivity contribution is 5.99. The molecule has 220 valence electrons. The van der Waals surface area contributed by atoms with Crippen molar-refractivity contribution < 1.29 is 28.9 Å². The number of aromatic hydroxyl groups is 1. The average molecular weight is 571 g/mol. The number of aromatic nitrogens is 1. The summed E-state index contributed by atoms with van der Waals surface area (Å²) >= 11 is 0. The lowest BCUT2D eigenvalue weighted by Gasteiger charge is -2.28. The van der Waals surface area contributed by atoms with Gasteiger partial charge in [0.2, 0.25) is 0 Å². The second kappa shape index (κ2) is 10.7. The van der Waals surface area contributed by atoms with Gasteiger partial charge in [-0.25, -0.2) is 0 Å². The summed E-state index contributed by atoms with van der Waals surface area (Å²) in [4.78, 5) is 24.2. The van der Waals surface area contributed by atoms with E-state index < -0.39 is 0 Å². The van der Waals surface area contributed by atoms with Crippen LogP contribution < -0.4 is 15.2 Å². The molecule has 0 saturated heterocycles. The number of phenolic OH excluding ortho intramolecular Hbond substituents is 1. The monoisotopic (exact) mass is 570 g/mol. The van der Waals surface area contributed by atoms with Crippen LogP contribution in [0.1, 0.15) is 79.7 Å². The second-order valence-corrected chi connectivity index (χ2v) is 13.0. The van der Waals surface area contributed by atoms with E-state index in [0.717, 1.165) is 38.6 Å². The largest absolute Gasteiger partial charge is 0.507 e. The highest BCUT2D eigenvalue weighted by Crippen LogP contribution is 2.41. The molecule has 0 amide bonds. The molecule has 1 aromatic heterocycles. The summed E-state index contributed by atoms with van der Waals surface area (Å²) in [5.74, 6) is 1.73. The van der Waals surface area contributed by atoms with Crippen molar-refractivity contribution in [3.8, 4) is 17.2 Å². The number of nitrogen functional groups attached to an aromatic ring is 1. The van der Waals surface area contributed by atoms with Gasteiger partial charge in [-0.1, -0.05) is 53.7 Å². The summed E-state index contributed by atoms with van der Waals surface area (Å²) in [5, 5.41) is 12.7. The molecule has 1 aliphatic rings. The van der Waals surface area contributed by atoms with E-state index in [1.165, 1.54) is 0 Å². The van der Waals surface area contributed by atoms with Crippen LogP contribution in [-0.4, -0.2) is 21.9 Å². The molecule has 8 nitrogen and oxygen atoms in total. The predicted octanol–water partition coefficient (Wildman–Crippen LogP) is 6.55. The first kappa shape index (κ1) is 29.0. The smallest absolute Gasteiger partial charge is 0.293 e. The van der Waals surface area contributed by atoms with E-state index in [2.05, 4.69) is 0 Å². The average Bonchev–Trinajstić information content (AvgIpc) is 3.20. The molecule has 42 heavy (non-hydrogen) atoms. The van der Waals surface area contributed by atoms with Gasteiger partial charge in [-0.15, -0.1) is 0 Å². The Morgan fingerprint density at radius 1 is 0.952 bits per heavy atom. The third kappa shape index (κ3) is 5.66. The number of rotatable bonds is 6. The third-order valence-corrected chi connectivity index (χ3v) is 7.71. The Balaban J connectivity index is 1.44. The van der Waals surface area contributed by atoms with Gasteiger partial charge in [-0.3, -0.25) is 9.59 Å². The Hall–Kier alpha value is -4.46. The van der Waals surface area contributed by atoms with Crippen LogP contribution in [0.25, 0.3) is 10.8 Å². The number of benzene rings is 3. The molecule has 0 radical (unpaired) electrons. The molecule has 0 bridgehead atoms. The molecule has 3 aromatic carbocycles. The molecule has 0 fully saturated rings. The second-order valence-electron chi connectivity index (χ2n) is 13.0. The van der Waals surface area contributed by atoms with Crippen molar-refractivity contribution in [3.05, 3.63) is 82.0 Å². The number of fused-ring (bicyclic) bond motifs is 3. The molecule has 0 atom stereocenters. The van der Waals surface area contributed by atoms with Crippen LogP contribution >= 0.6 is 0 Å². The Bertz CT molecular complexity index is 1650. The molecule has 5 rings (SSSR count). The Kier molecular flexibility index (Phi) is 7.43. The molecule has 0 saturated carbocycles. The van der Waals surface area contributed by atoms with Crippen molar-refractivity contribution in [2.45, 2.75) is 78.7 Å². The molecule has 3 N–H and O–H groups in total. The van der Waals surface area contributed by atoms with Crippen molar-refractivity contribution >= 4 is 28.8 Å². The van der Waals surface area contributed by atoms with Crippen molar-refractivity contribution in [3.63, 3.8) is 0 Å². The van der Waals surface area contributed by atoms with E-state index in [1.54, 1.807) is 16.7 Å². The number of hydrogen-bond donors (Lipinski definition) is 2. The highest BCUT2D eigenvalue weighted by atomic mass is 16.5. The molecule has 0 spiro atoms. The van der Waals surface area contributed by atoms with Crippen LogP contribution in [0.3, 0.4) is 0 Å². The van der Waals surface area contributed by atoms with Gasteiger partial charge in [0.05, 0.1) is 6.54 Å². The zero-order chi connectivity index (χ0) is 30.4. The number of phenols is 1. The van der Waals surface area contributed by atoms with Gasteiger partial charge in [0.25, 0.3) is 6.47 Å². The van der Waals surface area contributed by atoms with Crippen LogP contribution in [0.4, 0.5) is 5.82 Å². The maximum Gasteiger partial charge on any atom is 0.293 e. The molecule has 4 aromatic rings. The van der Waals surface area contributed by atoms with Crippen LogP contribution in [-0.2, 0) is 46.7 Å². The molecule has 0 aliphatic carbocycles. The SMILES string of the molecule is CC(C)(C)c1cc(C(=O)Cn2cc3cc4c(cc3c2N)OCc2cc(COC=O)ccc2CO4)cc(C(C)(C)C)c1O. The van der Waals surface area contributed by atoms with E-state index in [-0.39, 0.29) is 35.5 Å². The summed E-state index contributed by atoms with van der Waals surface area (Å²) in [6, 6.07) is 13.1. The van der Waals surface area contributed by atoms with E-state index in [9.17, 15) is 14.7 Å². The van der Waals surface area contributed by atoms with Crippen LogP contribution in [0.15, 0.2) is 48.7 Å². The summed E-state index contributed by atoms with van der Waals surface area (Å²) in [5.41, 5.74) is 10.7. The maximum absolute atomic E-state index is 13.6. The number of carbonyl (C=O) groups is 2. The van der Waals surface area contributed by atoms with Gasteiger partial charge in [0, 0.05) is 33.7 Å². The Morgan fingerprint density at radius 3 is 2.19 bits per heavy atom. The minimum atomic E-state index is -0.345. The number of hydrogen-bond acceptors (Lipinski definition) is 7. The molecule has 0 unspecified atom stereocenters. The van der Waals surface area contributed by atoms with Crippen molar-refractivity contribution in [2.75, 3.05) is 5.73 Å². The summed E-state index contributed by atoms with van der Waals surface area (Å²) in [6.07, 6.45) is 1.86. The van der Waals surface area contributed by atoms with Gasteiger partial charge in [-0.05, 0) is 57.9 Å². The molecule has 8 heteroatoms. The number of carbonyl (C=O) groups excluding carboxylic acids is 2. The maximum atomic E-state index is 13.6. The first-order valence-corrected chi connectivity index (χ1v) is 14.0. The first-order valence-electron chi connectivity index (χ1n) is 14.0. The number of nitrogens with zero attached hydrogens (tertiary/aromatic N) is 1. The number of nitrogens with two attached hydrogens (primary N) is 1. The molecular weight excluding hydrogens is 532 g/mol. The summed E-state index contributed by atoms with van der Waals surface area (Å²) in [7, 11) is 0. The van der Waals surface area contributed by atoms with E-state index in [1.807, 2.05) is 78.1 Å². The summed E-state index contributed by atoms with van der Waals surface area (Å²) < 4.78 is 18.9. The minimum absolute atomic E-state index is 0.0436. The van der Waals surface area contributed by atoms with E-state index in [4.69, 9.17) is 19.9 Å². The van der Waals surface area contributed by atoms with Gasteiger partial charge >= 0.3 is 0 Å². The lowest BCUT2D eigenvalue weighted by atomic mass is 9.78.